The van der Waals surface area contributed by atoms with E-state index in [1.165, 1.54) is 5.56 Å². The summed E-state index contributed by atoms with van der Waals surface area (Å²) < 4.78 is 8.21. The minimum Gasteiger partial charge on any atom is -0.454 e. The zero-order valence-electron chi connectivity index (χ0n) is 10.7. The number of aromatic nitrogens is 3. The predicted molar refractivity (Wildman–Crippen MR) is 84.3 cm³/mol. The molecule has 6 heteroatoms. The fourth-order valence-electron chi connectivity index (χ4n) is 1.87. The third kappa shape index (κ3) is 3.38. The molecule has 1 N–H and O–H groups in total. The van der Waals surface area contributed by atoms with Gasteiger partial charge in [-0.15, -0.1) is 0 Å². The first kappa shape index (κ1) is 13.2. The van der Waals surface area contributed by atoms with Gasteiger partial charge in [-0.05, 0) is 52.4 Å². The smallest absolute Gasteiger partial charge is 0.164 e. The molecule has 0 fully saturated rings. The van der Waals surface area contributed by atoms with Crippen LogP contribution in [0.3, 0.4) is 0 Å². The van der Waals surface area contributed by atoms with Crippen molar-refractivity contribution in [3.63, 3.8) is 0 Å². The van der Waals surface area contributed by atoms with Crippen LogP contribution in [0.4, 0.5) is 5.69 Å². The number of nitrogens with one attached hydrogen (secondary N) is 1. The van der Waals surface area contributed by atoms with Crippen LogP contribution in [0.2, 0.25) is 0 Å². The topological polar surface area (TPSA) is 55.9 Å². The number of hydrogen-bond acceptors (Lipinski definition) is 4. The second-order valence-electron chi connectivity index (χ2n) is 4.35. The molecule has 0 spiro atoms. The molecule has 20 heavy (non-hydrogen) atoms. The summed E-state index contributed by atoms with van der Waals surface area (Å²) in [5, 5.41) is 7.42. The zero-order chi connectivity index (χ0) is 13.8. The first-order valence-corrected chi connectivity index (χ1v) is 7.27. The molecule has 3 rings (SSSR count). The number of rotatable bonds is 5. The standard InChI is InChI=1S/C14H13IN4O/c15-14-6-5-13(20-14)7-17-12-3-1-11(2-4-12)8-19-10-16-9-18-19/h1-6,9-10,17H,7-8H2. The Bertz CT molecular complexity index is 661. The molecule has 0 radical (unpaired) electrons. The van der Waals surface area contributed by atoms with Crippen molar-refractivity contribution in [3.8, 4) is 0 Å². The SMILES string of the molecule is Ic1ccc(CNc2ccc(Cn3cncn3)cc2)o1. The highest BCUT2D eigenvalue weighted by Gasteiger charge is 2.00. The first-order valence-electron chi connectivity index (χ1n) is 6.19. The second-order valence-corrected chi connectivity index (χ2v) is 5.41. The molecule has 0 aliphatic heterocycles. The average Bonchev–Trinajstić information content (AvgIpc) is 3.10. The van der Waals surface area contributed by atoms with E-state index in [0.29, 0.717) is 6.54 Å². The van der Waals surface area contributed by atoms with Gasteiger partial charge < -0.3 is 9.73 Å². The van der Waals surface area contributed by atoms with Crippen LogP contribution in [0, 0.1) is 3.77 Å². The maximum Gasteiger partial charge on any atom is 0.164 e. The largest absolute Gasteiger partial charge is 0.454 e. The third-order valence-corrected chi connectivity index (χ3v) is 3.44. The monoisotopic (exact) mass is 380 g/mol. The van der Waals surface area contributed by atoms with Crippen molar-refractivity contribution in [3.05, 3.63) is 64.1 Å². The highest BCUT2D eigenvalue weighted by molar-refractivity contribution is 14.1. The van der Waals surface area contributed by atoms with E-state index in [4.69, 9.17) is 4.42 Å². The molecule has 0 atom stereocenters. The Morgan fingerprint density at radius 2 is 2.00 bits per heavy atom. The van der Waals surface area contributed by atoms with Crippen LogP contribution in [0.15, 0.2) is 53.5 Å². The number of hydrogen-bond donors (Lipinski definition) is 1. The lowest BCUT2D eigenvalue weighted by atomic mass is 10.2. The van der Waals surface area contributed by atoms with Gasteiger partial charge in [0.25, 0.3) is 0 Å². The van der Waals surface area contributed by atoms with Crippen molar-refractivity contribution in [1.82, 2.24) is 14.8 Å². The van der Waals surface area contributed by atoms with E-state index in [9.17, 15) is 0 Å². The van der Waals surface area contributed by atoms with E-state index in [-0.39, 0.29) is 0 Å². The van der Waals surface area contributed by atoms with Gasteiger partial charge in [-0.3, -0.25) is 0 Å². The molecule has 102 valence electrons. The van der Waals surface area contributed by atoms with Gasteiger partial charge in [-0.2, -0.15) is 5.10 Å². The molecule has 0 bridgehead atoms. The molecule has 0 saturated carbocycles. The first-order chi connectivity index (χ1) is 9.79. The molecule has 5 nitrogen and oxygen atoms in total. The number of furan rings is 1. The maximum absolute atomic E-state index is 5.50. The lowest BCUT2D eigenvalue weighted by Gasteiger charge is -2.06. The van der Waals surface area contributed by atoms with E-state index in [1.54, 1.807) is 17.3 Å². The lowest BCUT2D eigenvalue weighted by Crippen LogP contribution is -2.01. The molecule has 1 aromatic carbocycles. The van der Waals surface area contributed by atoms with Crippen LogP contribution in [-0.4, -0.2) is 14.8 Å². The molecule has 0 aliphatic rings. The quantitative estimate of drug-likeness (QED) is 0.691. The maximum atomic E-state index is 5.50. The Labute approximate surface area is 130 Å². The van der Waals surface area contributed by atoms with Crippen LogP contribution in [0.5, 0.6) is 0 Å². The van der Waals surface area contributed by atoms with Gasteiger partial charge in [0, 0.05) is 5.69 Å². The van der Waals surface area contributed by atoms with Crippen LogP contribution in [0.1, 0.15) is 11.3 Å². The van der Waals surface area contributed by atoms with Crippen molar-refractivity contribution >= 4 is 28.3 Å². The van der Waals surface area contributed by atoms with E-state index in [0.717, 1.165) is 21.8 Å². The normalized spacial score (nSPS) is 10.7. The van der Waals surface area contributed by atoms with Crippen LogP contribution < -0.4 is 5.32 Å². The van der Waals surface area contributed by atoms with Gasteiger partial charge in [-0.25, -0.2) is 9.67 Å². The van der Waals surface area contributed by atoms with E-state index < -0.39 is 0 Å². The Hall–Kier alpha value is -1.83. The number of anilines is 1. The highest BCUT2D eigenvalue weighted by atomic mass is 127. The predicted octanol–water partition coefficient (Wildman–Crippen LogP) is 3.14. The van der Waals surface area contributed by atoms with Crippen molar-refractivity contribution in [2.24, 2.45) is 0 Å². The molecule has 2 aromatic heterocycles. The fraction of sp³-hybridized carbons (Fsp3) is 0.143. The van der Waals surface area contributed by atoms with Crippen molar-refractivity contribution < 1.29 is 4.42 Å². The number of nitrogens with zero attached hydrogens (tertiary/aromatic N) is 3. The molecular weight excluding hydrogens is 367 g/mol. The summed E-state index contributed by atoms with van der Waals surface area (Å²) in [6.45, 7) is 1.42. The highest BCUT2D eigenvalue weighted by Crippen LogP contribution is 2.14. The molecule has 0 amide bonds. The van der Waals surface area contributed by atoms with Crippen LogP contribution in [0.25, 0.3) is 0 Å². The van der Waals surface area contributed by atoms with Crippen molar-refractivity contribution in [2.75, 3.05) is 5.32 Å². The molecule has 2 heterocycles. The van der Waals surface area contributed by atoms with Gasteiger partial charge in [-0.1, -0.05) is 12.1 Å². The van der Waals surface area contributed by atoms with E-state index in [2.05, 4.69) is 62.3 Å². The minimum atomic E-state index is 0.686. The summed E-state index contributed by atoms with van der Waals surface area (Å²) in [6.07, 6.45) is 3.26. The minimum absolute atomic E-state index is 0.686. The van der Waals surface area contributed by atoms with Gasteiger partial charge >= 0.3 is 0 Å². The molecular formula is C14H13IN4O. The lowest BCUT2D eigenvalue weighted by molar-refractivity contribution is 0.493. The summed E-state index contributed by atoms with van der Waals surface area (Å²) in [5.74, 6) is 0.932. The zero-order valence-corrected chi connectivity index (χ0v) is 12.8. The summed E-state index contributed by atoms with van der Waals surface area (Å²) >= 11 is 2.16. The third-order valence-electron chi connectivity index (χ3n) is 2.86. The van der Waals surface area contributed by atoms with Crippen molar-refractivity contribution in [2.45, 2.75) is 13.1 Å². The van der Waals surface area contributed by atoms with Gasteiger partial charge in [0.1, 0.15) is 18.4 Å². The average molecular weight is 380 g/mol. The van der Waals surface area contributed by atoms with Gasteiger partial charge in [0.2, 0.25) is 0 Å². The van der Waals surface area contributed by atoms with E-state index >= 15 is 0 Å². The summed E-state index contributed by atoms with van der Waals surface area (Å²) in [7, 11) is 0. The van der Waals surface area contributed by atoms with Crippen molar-refractivity contribution in [1.29, 1.82) is 0 Å². The van der Waals surface area contributed by atoms with Crippen LogP contribution >= 0.6 is 22.6 Å². The molecule has 3 aromatic rings. The second kappa shape index (κ2) is 6.08. The molecule has 0 aliphatic carbocycles. The number of benzene rings is 1. The molecule has 0 saturated heterocycles. The Morgan fingerprint density at radius 3 is 2.65 bits per heavy atom. The fourth-order valence-corrected chi connectivity index (χ4v) is 2.33. The summed E-state index contributed by atoms with van der Waals surface area (Å²) in [4.78, 5) is 3.93. The summed E-state index contributed by atoms with van der Waals surface area (Å²) in [5.41, 5.74) is 2.26. The Balaban J connectivity index is 1.58. The molecule has 0 unspecified atom stereocenters. The number of halogens is 1. The van der Waals surface area contributed by atoms with Gasteiger partial charge in [0.05, 0.1) is 13.1 Å². The van der Waals surface area contributed by atoms with E-state index in [1.807, 2.05) is 12.1 Å². The van der Waals surface area contributed by atoms with Gasteiger partial charge in [0.15, 0.2) is 3.77 Å². The Kier molecular flexibility index (Phi) is 4.00. The van der Waals surface area contributed by atoms with Crippen LogP contribution in [-0.2, 0) is 13.1 Å². The Morgan fingerprint density at radius 1 is 1.15 bits per heavy atom. The summed E-state index contributed by atoms with van der Waals surface area (Å²) in [6, 6.07) is 12.2.